The second-order valence-electron chi connectivity index (χ2n) is 6.06. The largest absolute Gasteiger partial charge is 0.339 e. The van der Waals surface area contributed by atoms with Gasteiger partial charge >= 0.3 is 0 Å². The molecule has 4 rings (SSSR count). The number of nitriles is 1. The Bertz CT molecular complexity index is 1100. The molecule has 0 radical (unpaired) electrons. The smallest absolute Gasteiger partial charge is 0.263 e. The van der Waals surface area contributed by atoms with Crippen molar-refractivity contribution in [3.63, 3.8) is 0 Å². The van der Waals surface area contributed by atoms with Crippen molar-refractivity contribution in [2.24, 2.45) is 0 Å². The summed E-state index contributed by atoms with van der Waals surface area (Å²) < 4.78 is 33.2. The Balaban J connectivity index is 1.61. The molecule has 132 valence electrons. The SMILES string of the molecule is Cc1sc(-c2noc(C3CC3)n2)cc1S(=O)(=O)Nc1ccc(C#N)cc1. The molecule has 0 saturated heterocycles. The molecule has 0 spiro atoms. The summed E-state index contributed by atoms with van der Waals surface area (Å²) in [5, 5.41) is 12.8. The van der Waals surface area contributed by atoms with Crippen molar-refractivity contribution >= 4 is 27.0 Å². The Morgan fingerprint density at radius 1 is 1.31 bits per heavy atom. The van der Waals surface area contributed by atoms with Gasteiger partial charge in [0.2, 0.25) is 11.7 Å². The number of aromatic nitrogens is 2. The first-order chi connectivity index (χ1) is 12.5. The van der Waals surface area contributed by atoms with Crippen LogP contribution in [0.25, 0.3) is 10.7 Å². The van der Waals surface area contributed by atoms with Crippen LogP contribution in [0.4, 0.5) is 5.69 Å². The molecule has 0 aliphatic heterocycles. The molecule has 0 unspecified atom stereocenters. The molecule has 1 fully saturated rings. The lowest BCUT2D eigenvalue weighted by molar-refractivity contribution is 0.380. The van der Waals surface area contributed by atoms with Gasteiger partial charge in [-0.15, -0.1) is 11.3 Å². The van der Waals surface area contributed by atoms with Gasteiger partial charge in [-0.05, 0) is 50.1 Å². The number of nitrogens with zero attached hydrogens (tertiary/aromatic N) is 3. The van der Waals surface area contributed by atoms with E-state index in [4.69, 9.17) is 9.78 Å². The van der Waals surface area contributed by atoms with Crippen molar-refractivity contribution in [1.29, 1.82) is 5.26 Å². The van der Waals surface area contributed by atoms with E-state index in [9.17, 15) is 8.42 Å². The van der Waals surface area contributed by atoms with Crippen LogP contribution in [0.5, 0.6) is 0 Å². The minimum absolute atomic E-state index is 0.180. The maximum atomic E-state index is 12.7. The maximum Gasteiger partial charge on any atom is 0.263 e. The van der Waals surface area contributed by atoms with E-state index in [1.807, 2.05) is 6.07 Å². The highest BCUT2D eigenvalue weighted by Gasteiger charge is 2.30. The van der Waals surface area contributed by atoms with Crippen molar-refractivity contribution < 1.29 is 12.9 Å². The van der Waals surface area contributed by atoms with E-state index in [0.717, 1.165) is 12.8 Å². The number of aryl methyl sites for hydroxylation is 1. The summed E-state index contributed by atoms with van der Waals surface area (Å²) >= 11 is 1.31. The van der Waals surface area contributed by atoms with Crippen LogP contribution in [0.1, 0.15) is 35.1 Å². The molecule has 1 aliphatic carbocycles. The average Bonchev–Trinajstić information content (AvgIpc) is 3.21. The van der Waals surface area contributed by atoms with Gasteiger partial charge in [0.05, 0.1) is 16.5 Å². The molecule has 9 heteroatoms. The van der Waals surface area contributed by atoms with Crippen LogP contribution in [-0.4, -0.2) is 18.6 Å². The molecule has 2 heterocycles. The van der Waals surface area contributed by atoms with Crippen molar-refractivity contribution in [3.05, 3.63) is 46.7 Å². The third kappa shape index (κ3) is 3.21. The predicted octanol–water partition coefficient (Wildman–Crippen LogP) is 3.66. The van der Waals surface area contributed by atoms with Crippen LogP contribution < -0.4 is 4.72 Å². The van der Waals surface area contributed by atoms with E-state index < -0.39 is 10.0 Å². The van der Waals surface area contributed by atoms with Crippen molar-refractivity contribution in [2.45, 2.75) is 30.6 Å². The van der Waals surface area contributed by atoms with Crippen LogP contribution >= 0.6 is 11.3 Å². The standard InChI is InChI=1S/C17H14N4O3S2/c1-10-15(26(22,23)21-13-6-2-11(9-18)3-7-13)8-14(25-10)16-19-17(24-20-16)12-4-5-12/h2-3,6-8,12,21H,4-5H2,1H3. The van der Waals surface area contributed by atoms with Crippen molar-refractivity contribution in [1.82, 2.24) is 10.1 Å². The summed E-state index contributed by atoms with van der Waals surface area (Å²) in [6, 6.07) is 9.79. The number of sulfonamides is 1. The Morgan fingerprint density at radius 3 is 2.69 bits per heavy atom. The molecule has 1 aromatic carbocycles. The number of thiophene rings is 1. The van der Waals surface area contributed by atoms with E-state index in [1.54, 1.807) is 37.3 Å². The number of benzene rings is 1. The molecule has 1 N–H and O–H groups in total. The molecule has 0 bridgehead atoms. The number of anilines is 1. The summed E-state index contributed by atoms with van der Waals surface area (Å²) in [5.41, 5.74) is 0.859. The van der Waals surface area contributed by atoms with Crippen LogP contribution in [0.15, 0.2) is 39.8 Å². The zero-order chi connectivity index (χ0) is 18.3. The quantitative estimate of drug-likeness (QED) is 0.717. The van der Waals surface area contributed by atoms with E-state index in [2.05, 4.69) is 14.9 Å². The Labute approximate surface area is 154 Å². The third-order valence-corrected chi connectivity index (χ3v) is 6.70. The second kappa shape index (κ2) is 6.23. The normalized spacial score (nSPS) is 14.2. The Hall–Kier alpha value is -2.70. The zero-order valence-corrected chi connectivity index (χ0v) is 15.4. The van der Waals surface area contributed by atoms with Crippen LogP contribution in [0.2, 0.25) is 0 Å². The lowest BCUT2D eigenvalue weighted by Crippen LogP contribution is -2.13. The molecule has 2 aromatic heterocycles. The molecule has 1 aliphatic rings. The van der Waals surface area contributed by atoms with Gasteiger partial charge in [-0.2, -0.15) is 10.2 Å². The number of nitrogens with one attached hydrogen (secondary N) is 1. The first kappa shape index (κ1) is 16.8. The summed E-state index contributed by atoms with van der Waals surface area (Å²) in [4.78, 5) is 5.84. The van der Waals surface area contributed by atoms with Gasteiger partial charge in [0.15, 0.2) is 0 Å². The monoisotopic (exact) mass is 386 g/mol. The predicted molar refractivity (Wildman–Crippen MR) is 96.3 cm³/mol. The van der Waals surface area contributed by atoms with E-state index in [-0.39, 0.29) is 4.90 Å². The minimum atomic E-state index is -3.76. The summed E-state index contributed by atoms with van der Waals surface area (Å²) in [6.07, 6.45) is 2.11. The fourth-order valence-corrected chi connectivity index (χ4v) is 5.07. The maximum absolute atomic E-state index is 12.7. The topological polar surface area (TPSA) is 109 Å². The molecule has 0 atom stereocenters. The van der Waals surface area contributed by atoms with Gasteiger partial charge in [0, 0.05) is 16.5 Å². The first-order valence-corrected chi connectivity index (χ1v) is 10.2. The number of hydrogen-bond donors (Lipinski definition) is 1. The van der Waals surface area contributed by atoms with Crippen molar-refractivity contribution in [3.8, 4) is 16.8 Å². The van der Waals surface area contributed by atoms with E-state index in [1.165, 1.54) is 11.3 Å². The van der Waals surface area contributed by atoms with Gasteiger partial charge in [-0.3, -0.25) is 4.72 Å². The van der Waals surface area contributed by atoms with Gasteiger partial charge < -0.3 is 4.52 Å². The van der Waals surface area contributed by atoms with Gasteiger partial charge in [0.1, 0.15) is 4.90 Å². The highest BCUT2D eigenvalue weighted by atomic mass is 32.2. The molecule has 3 aromatic rings. The number of rotatable bonds is 5. The van der Waals surface area contributed by atoms with Crippen LogP contribution in [0, 0.1) is 18.3 Å². The third-order valence-electron chi connectivity index (χ3n) is 4.02. The fourth-order valence-electron chi connectivity index (χ4n) is 2.50. The average molecular weight is 386 g/mol. The summed E-state index contributed by atoms with van der Waals surface area (Å²) in [5.74, 6) is 1.38. The Kier molecular flexibility index (Phi) is 4.01. The first-order valence-electron chi connectivity index (χ1n) is 7.93. The van der Waals surface area contributed by atoms with E-state index >= 15 is 0 Å². The lowest BCUT2D eigenvalue weighted by atomic mass is 10.2. The summed E-state index contributed by atoms with van der Waals surface area (Å²) in [6.45, 7) is 1.74. The van der Waals surface area contributed by atoms with Gasteiger partial charge in [0.25, 0.3) is 10.0 Å². The highest BCUT2D eigenvalue weighted by molar-refractivity contribution is 7.93. The minimum Gasteiger partial charge on any atom is -0.339 e. The molecular weight excluding hydrogens is 372 g/mol. The van der Waals surface area contributed by atoms with Crippen LogP contribution in [-0.2, 0) is 10.0 Å². The number of hydrogen-bond acceptors (Lipinski definition) is 7. The summed E-state index contributed by atoms with van der Waals surface area (Å²) in [7, 11) is -3.76. The Morgan fingerprint density at radius 2 is 2.04 bits per heavy atom. The van der Waals surface area contributed by atoms with Crippen LogP contribution in [0.3, 0.4) is 0 Å². The fraction of sp³-hybridized carbons (Fsp3) is 0.235. The van der Waals surface area contributed by atoms with Gasteiger partial charge in [-0.25, -0.2) is 8.42 Å². The molecule has 0 amide bonds. The molecular formula is C17H14N4O3S2. The molecule has 1 saturated carbocycles. The zero-order valence-electron chi connectivity index (χ0n) is 13.8. The molecule has 26 heavy (non-hydrogen) atoms. The van der Waals surface area contributed by atoms with Gasteiger partial charge in [-0.1, -0.05) is 5.16 Å². The lowest BCUT2D eigenvalue weighted by Gasteiger charge is -2.07. The molecule has 7 nitrogen and oxygen atoms in total. The van der Waals surface area contributed by atoms with Crippen molar-refractivity contribution in [2.75, 3.05) is 4.72 Å². The second-order valence-corrected chi connectivity index (χ2v) is 8.96. The van der Waals surface area contributed by atoms with E-state index in [0.29, 0.717) is 38.6 Å². The highest BCUT2D eigenvalue weighted by Crippen LogP contribution is 2.40.